The maximum Gasteiger partial charge on any atom is 0.0964 e. The van der Waals surface area contributed by atoms with E-state index in [4.69, 9.17) is 9.97 Å². The first-order chi connectivity index (χ1) is 14.8. The number of nitrogens with zero attached hydrogens (tertiary/aromatic N) is 4. The van der Waals surface area contributed by atoms with E-state index in [-0.39, 0.29) is 0 Å². The van der Waals surface area contributed by atoms with Crippen molar-refractivity contribution in [2.24, 2.45) is 0 Å². The quantitative estimate of drug-likeness (QED) is 0.368. The minimum atomic E-state index is 0.919. The molecule has 0 atom stereocenters. The number of fused-ring (bicyclic) bond motifs is 6. The maximum atomic E-state index is 4.72. The number of hydrogen-bond donors (Lipinski definition) is 0. The molecule has 30 heavy (non-hydrogen) atoms. The molecule has 0 bridgehead atoms. The lowest BCUT2D eigenvalue weighted by atomic mass is 10.0. The van der Waals surface area contributed by atoms with Crippen molar-refractivity contribution >= 4 is 43.6 Å². The number of benzene rings is 2. The van der Waals surface area contributed by atoms with Crippen LogP contribution in [0.25, 0.3) is 43.6 Å². The highest BCUT2D eigenvalue weighted by Gasteiger charge is 2.07. The molecule has 0 unspecified atom stereocenters. The van der Waals surface area contributed by atoms with Gasteiger partial charge >= 0.3 is 0 Å². The summed E-state index contributed by atoms with van der Waals surface area (Å²) in [5.41, 5.74) is 6.28. The van der Waals surface area contributed by atoms with Crippen LogP contribution in [0.1, 0.15) is 11.1 Å². The molecule has 0 saturated heterocycles. The predicted octanol–water partition coefficient (Wildman–Crippen LogP) is 5.66. The van der Waals surface area contributed by atoms with Crippen molar-refractivity contribution in [3.63, 3.8) is 0 Å². The topological polar surface area (TPSA) is 51.6 Å². The third kappa shape index (κ3) is 2.85. The molecule has 0 N–H and O–H groups in total. The molecular formula is C26H18N4. The monoisotopic (exact) mass is 386 g/mol. The first kappa shape index (κ1) is 17.0. The van der Waals surface area contributed by atoms with Crippen LogP contribution in [0.5, 0.6) is 0 Å². The van der Waals surface area contributed by atoms with Crippen LogP contribution < -0.4 is 0 Å². The molecule has 4 nitrogen and oxygen atoms in total. The zero-order valence-corrected chi connectivity index (χ0v) is 16.3. The Bertz CT molecular complexity index is 1440. The van der Waals surface area contributed by atoms with Gasteiger partial charge in [0.1, 0.15) is 0 Å². The Morgan fingerprint density at radius 2 is 0.900 bits per heavy atom. The molecule has 6 aromatic rings. The van der Waals surface area contributed by atoms with Crippen molar-refractivity contribution in [2.45, 2.75) is 12.8 Å². The standard InChI is InChI=1S/C26H18N4/c1-3-19-7-9-21-13-17(15-29-25(21)23(19)27-11-1)5-6-18-14-22-10-8-20-4-2-12-28-24(20)26(22)30-16-18/h1-4,7-16H,5-6H2. The summed E-state index contributed by atoms with van der Waals surface area (Å²) in [6.07, 6.45) is 9.43. The minimum absolute atomic E-state index is 0.919. The second-order valence-corrected chi connectivity index (χ2v) is 7.61. The van der Waals surface area contributed by atoms with Gasteiger partial charge in [0, 0.05) is 46.3 Å². The van der Waals surface area contributed by atoms with Gasteiger partial charge in [0.2, 0.25) is 0 Å². The summed E-state index contributed by atoms with van der Waals surface area (Å²) in [5, 5.41) is 4.50. The fourth-order valence-electron chi connectivity index (χ4n) is 4.13. The van der Waals surface area contributed by atoms with Crippen LogP contribution in [0, 0.1) is 0 Å². The Morgan fingerprint density at radius 3 is 1.40 bits per heavy atom. The summed E-state index contributed by atoms with van der Waals surface area (Å²) < 4.78 is 0. The van der Waals surface area contributed by atoms with E-state index < -0.39 is 0 Å². The first-order valence-electron chi connectivity index (χ1n) is 10.1. The Hall–Kier alpha value is -3.92. The molecule has 0 aliphatic rings. The Balaban J connectivity index is 1.30. The number of hydrogen-bond acceptors (Lipinski definition) is 4. The molecule has 2 aromatic carbocycles. The summed E-state index contributed by atoms with van der Waals surface area (Å²) in [5.74, 6) is 0. The van der Waals surface area contributed by atoms with Crippen molar-refractivity contribution < 1.29 is 0 Å². The third-order valence-electron chi connectivity index (χ3n) is 5.66. The van der Waals surface area contributed by atoms with E-state index in [1.165, 1.54) is 11.1 Å². The minimum Gasteiger partial charge on any atom is -0.254 e. The first-order valence-corrected chi connectivity index (χ1v) is 10.1. The molecule has 4 heteroatoms. The van der Waals surface area contributed by atoms with E-state index in [0.29, 0.717) is 0 Å². The van der Waals surface area contributed by atoms with E-state index in [0.717, 1.165) is 56.5 Å². The van der Waals surface area contributed by atoms with Gasteiger partial charge in [0.05, 0.1) is 22.1 Å². The fourth-order valence-corrected chi connectivity index (χ4v) is 4.13. The highest BCUT2D eigenvalue weighted by molar-refractivity contribution is 6.03. The van der Waals surface area contributed by atoms with Crippen LogP contribution in [0.15, 0.2) is 85.5 Å². The third-order valence-corrected chi connectivity index (χ3v) is 5.66. The molecule has 0 radical (unpaired) electrons. The number of rotatable bonds is 3. The van der Waals surface area contributed by atoms with Gasteiger partial charge in [-0.2, -0.15) is 0 Å². The van der Waals surface area contributed by atoms with Gasteiger partial charge in [-0.15, -0.1) is 0 Å². The predicted molar refractivity (Wildman–Crippen MR) is 121 cm³/mol. The molecule has 4 aromatic heterocycles. The molecule has 0 fully saturated rings. The summed E-state index contributed by atoms with van der Waals surface area (Å²) in [6.45, 7) is 0. The molecule has 0 aliphatic heterocycles. The summed E-state index contributed by atoms with van der Waals surface area (Å²) in [6, 6.07) is 21.0. The summed E-state index contributed by atoms with van der Waals surface area (Å²) in [4.78, 5) is 18.5. The van der Waals surface area contributed by atoms with Crippen molar-refractivity contribution in [3.05, 3.63) is 96.6 Å². The highest BCUT2D eigenvalue weighted by Crippen LogP contribution is 2.24. The van der Waals surface area contributed by atoms with E-state index in [2.05, 4.69) is 58.5 Å². The average molecular weight is 386 g/mol. The number of aromatic nitrogens is 4. The molecule has 0 aliphatic carbocycles. The smallest absolute Gasteiger partial charge is 0.0964 e. The van der Waals surface area contributed by atoms with E-state index in [1.807, 2.05) is 36.9 Å². The summed E-state index contributed by atoms with van der Waals surface area (Å²) >= 11 is 0. The second-order valence-electron chi connectivity index (χ2n) is 7.61. The lowest BCUT2D eigenvalue weighted by Crippen LogP contribution is -1.95. The van der Waals surface area contributed by atoms with Crippen LogP contribution in [0.3, 0.4) is 0 Å². The second kappa shape index (κ2) is 6.85. The van der Waals surface area contributed by atoms with E-state index >= 15 is 0 Å². The van der Waals surface area contributed by atoms with Gasteiger partial charge in [-0.05, 0) is 48.2 Å². The van der Waals surface area contributed by atoms with Gasteiger partial charge in [0.25, 0.3) is 0 Å². The zero-order valence-electron chi connectivity index (χ0n) is 16.3. The highest BCUT2D eigenvalue weighted by atomic mass is 14.7. The molecule has 0 spiro atoms. The summed E-state index contributed by atoms with van der Waals surface area (Å²) in [7, 11) is 0. The van der Waals surface area contributed by atoms with Gasteiger partial charge in [-0.3, -0.25) is 19.9 Å². The van der Waals surface area contributed by atoms with Crippen LogP contribution >= 0.6 is 0 Å². The van der Waals surface area contributed by atoms with Crippen LogP contribution in [0.2, 0.25) is 0 Å². The van der Waals surface area contributed by atoms with Crippen LogP contribution in [-0.4, -0.2) is 19.9 Å². The number of pyridine rings is 4. The van der Waals surface area contributed by atoms with E-state index in [1.54, 1.807) is 0 Å². The lowest BCUT2D eigenvalue weighted by molar-refractivity contribution is 0.949. The zero-order chi connectivity index (χ0) is 19.9. The Kier molecular flexibility index (Phi) is 3.88. The van der Waals surface area contributed by atoms with Crippen molar-refractivity contribution in [1.82, 2.24) is 19.9 Å². The normalized spacial score (nSPS) is 11.6. The molecule has 4 heterocycles. The van der Waals surface area contributed by atoms with Crippen molar-refractivity contribution in [3.8, 4) is 0 Å². The molecular weight excluding hydrogens is 368 g/mol. The van der Waals surface area contributed by atoms with Crippen molar-refractivity contribution in [1.29, 1.82) is 0 Å². The van der Waals surface area contributed by atoms with Gasteiger partial charge in [-0.25, -0.2) is 0 Å². The molecule has 6 rings (SSSR count). The van der Waals surface area contributed by atoms with Gasteiger partial charge in [-0.1, -0.05) is 36.4 Å². The van der Waals surface area contributed by atoms with Crippen molar-refractivity contribution in [2.75, 3.05) is 0 Å². The Labute approximate surface area is 173 Å². The average Bonchev–Trinajstić information content (AvgIpc) is 2.82. The maximum absolute atomic E-state index is 4.72. The van der Waals surface area contributed by atoms with Crippen LogP contribution in [-0.2, 0) is 12.8 Å². The molecule has 142 valence electrons. The molecule has 0 amide bonds. The Morgan fingerprint density at radius 1 is 0.467 bits per heavy atom. The van der Waals surface area contributed by atoms with Gasteiger partial charge < -0.3 is 0 Å². The largest absolute Gasteiger partial charge is 0.254 e. The fraction of sp³-hybridized carbons (Fsp3) is 0.0769. The van der Waals surface area contributed by atoms with Crippen LogP contribution in [0.4, 0.5) is 0 Å². The van der Waals surface area contributed by atoms with E-state index in [9.17, 15) is 0 Å². The number of aryl methyl sites for hydroxylation is 2. The van der Waals surface area contributed by atoms with Gasteiger partial charge in [0.15, 0.2) is 0 Å². The SMILES string of the molecule is c1cnc2c(c1)ccc1cc(CCc3cnc4c(ccc5cccnc54)c3)cnc12. The lowest BCUT2D eigenvalue weighted by Gasteiger charge is -2.07. The molecule has 0 saturated carbocycles.